The summed E-state index contributed by atoms with van der Waals surface area (Å²) in [4.78, 5) is 12.1. The van der Waals surface area contributed by atoms with Gasteiger partial charge >= 0.3 is 5.97 Å². The first-order valence-corrected chi connectivity index (χ1v) is 11.7. The molecule has 28 heavy (non-hydrogen) atoms. The lowest BCUT2D eigenvalue weighted by Crippen LogP contribution is -2.58. The first-order valence-electron chi connectivity index (χ1n) is 11.7. The van der Waals surface area contributed by atoms with Crippen LogP contribution in [0.15, 0.2) is 0 Å². The summed E-state index contributed by atoms with van der Waals surface area (Å²) >= 11 is 0. The average molecular weight is 389 g/mol. The third-order valence-electron chi connectivity index (χ3n) is 11.3. The van der Waals surface area contributed by atoms with Crippen LogP contribution in [-0.2, 0) is 14.3 Å². The van der Waals surface area contributed by atoms with E-state index in [4.69, 9.17) is 9.47 Å². The third kappa shape index (κ3) is 1.85. The van der Waals surface area contributed by atoms with E-state index >= 15 is 0 Å². The Hall–Kier alpha value is -0.610. The van der Waals surface area contributed by atoms with Crippen molar-refractivity contribution in [2.24, 2.45) is 51.8 Å². The lowest BCUT2D eigenvalue weighted by molar-refractivity contribution is -0.178. The van der Waals surface area contributed by atoms with Crippen molar-refractivity contribution in [3.05, 3.63) is 0 Å². The smallest absolute Gasteiger partial charge is 0.306 e. The number of fused-ring (bicyclic) bond motifs is 6. The van der Waals surface area contributed by atoms with E-state index in [-0.39, 0.29) is 24.1 Å². The number of hydrogen-bond acceptors (Lipinski definition) is 4. The van der Waals surface area contributed by atoms with Gasteiger partial charge in [0, 0.05) is 36.9 Å². The second-order valence-electron chi connectivity index (χ2n) is 11.6. The molecule has 0 aromatic rings. The van der Waals surface area contributed by atoms with Crippen LogP contribution >= 0.6 is 0 Å². The maximum atomic E-state index is 12.1. The van der Waals surface area contributed by atoms with Crippen molar-refractivity contribution in [1.29, 1.82) is 0 Å². The molecular weight excluding hydrogens is 352 g/mol. The molecule has 4 heteroatoms. The van der Waals surface area contributed by atoms with E-state index in [1.165, 1.54) is 25.7 Å². The molecular formula is C24H36O4. The van der Waals surface area contributed by atoms with Gasteiger partial charge in [0.2, 0.25) is 0 Å². The van der Waals surface area contributed by atoms with Crippen LogP contribution in [0.1, 0.15) is 65.2 Å². The molecule has 0 aromatic carbocycles. The molecule has 1 N–H and O–H groups in total. The molecule has 1 saturated heterocycles. The zero-order valence-corrected chi connectivity index (χ0v) is 17.7. The molecule has 1 aliphatic heterocycles. The van der Waals surface area contributed by atoms with Crippen molar-refractivity contribution in [3.8, 4) is 0 Å². The highest BCUT2D eigenvalue weighted by Crippen LogP contribution is 2.82. The van der Waals surface area contributed by atoms with Gasteiger partial charge in [-0.1, -0.05) is 13.8 Å². The molecule has 0 bridgehead atoms. The number of hydrogen-bond donors (Lipinski definition) is 1. The van der Waals surface area contributed by atoms with E-state index in [9.17, 15) is 9.90 Å². The number of esters is 1. The molecule has 6 rings (SSSR count). The summed E-state index contributed by atoms with van der Waals surface area (Å²) in [6.07, 6.45) is 9.52. The molecule has 0 unspecified atom stereocenters. The predicted molar refractivity (Wildman–Crippen MR) is 104 cm³/mol. The van der Waals surface area contributed by atoms with Crippen LogP contribution in [0.5, 0.6) is 0 Å². The molecule has 5 aliphatic carbocycles. The van der Waals surface area contributed by atoms with E-state index in [0.29, 0.717) is 47.0 Å². The minimum atomic E-state index is -0.0489. The molecule has 4 nitrogen and oxygen atoms in total. The fraction of sp³-hybridized carbons (Fsp3) is 0.958. The van der Waals surface area contributed by atoms with Crippen molar-refractivity contribution < 1.29 is 19.4 Å². The van der Waals surface area contributed by atoms with Crippen LogP contribution < -0.4 is 0 Å². The first kappa shape index (κ1) is 18.2. The maximum Gasteiger partial charge on any atom is 0.306 e. The van der Waals surface area contributed by atoms with Gasteiger partial charge in [0.1, 0.15) is 6.10 Å². The summed E-state index contributed by atoms with van der Waals surface area (Å²) < 4.78 is 12.1. The number of carbonyl (C=O) groups is 1. The second kappa shape index (κ2) is 5.55. The highest BCUT2D eigenvalue weighted by atomic mass is 16.5. The van der Waals surface area contributed by atoms with Gasteiger partial charge in [-0.25, -0.2) is 0 Å². The van der Waals surface area contributed by atoms with Crippen LogP contribution in [0.25, 0.3) is 0 Å². The van der Waals surface area contributed by atoms with E-state index in [0.717, 1.165) is 31.1 Å². The fourth-order valence-electron chi connectivity index (χ4n) is 10.4. The Balaban J connectivity index is 1.40. The normalized spacial score (nSPS) is 61.5. The molecule has 6 aliphatic rings. The lowest BCUT2D eigenvalue weighted by atomic mass is 9.45. The highest BCUT2D eigenvalue weighted by molar-refractivity contribution is 5.71. The van der Waals surface area contributed by atoms with Crippen molar-refractivity contribution in [1.82, 2.24) is 0 Å². The Morgan fingerprint density at radius 2 is 2.04 bits per heavy atom. The number of rotatable bonds is 2. The van der Waals surface area contributed by atoms with Gasteiger partial charge in [-0.05, 0) is 80.0 Å². The largest absolute Gasteiger partial charge is 0.462 e. The lowest BCUT2D eigenvalue weighted by Gasteiger charge is -2.61. The summed E-state index contributed by atoms with van der Waals surface area (Å²) in [5.41, 5.74) is 0.791. The van der Waals surface area contributed by atoms with Crippen LogP contribution in [0, 0.1) is 51.8 Å². The summed E-state index contributed by atoms with van der Waals surface area (Å²) in [5, 5.41) is 10.7. The number of ether oxygens (including phenoxy) is 2. The van der Waals surface area contributed by atoms with Gasteiger partial charge in [-0.15, -0.1) is 0 Å². The third-order valence-corrected chi connectivity index (χ3v) is 11.3. The van der Waals surface area contributed by atoms with E-state index in [1.807, 2.05) is 7.11 Å². The van der Waals surface area contributed by atoms with Crippen LogP contribution in [0.2, 0.25) is 0 Å². The first-order chi connectivity index (χ1) is 13.4. The molecule has 156 valence electrons. The van der Waals surface area contributed by atoms with Crippen molar-refractivity contribution in [2.75, 3.05) is 13.7 Å². The summed E-state index contributed by atoms with van der Waals surface area (Å²) in [5.74, 6) is 3.35. The van der Waals surface area contributed by atoms with Gasteiger partial charge in [-0.3, -0.25) is 4.79 Å². The average Bonchev–Trinajstić information content (AvgIpc) is 3.18. The molecule has 6 fully saturated rings. The summed E-state index contributed by atoms with van der Waals surface area (Å²) in [7, 11) is 1.92. The second-order valence-corrected chi connectivity index (χ2v) is 11.6. The standard InChI is InChI=1S/C24H36O4/c1-13-8-20(26)28-18-10-17-15-9-19(27-3)24-11-14(24)4-6-22(24,2)16(15)5-7-23(17,12-25)21(13)18/h13-19,21,25H,4-12H2,1-3H3/t13-,14-,15-,16+,17+,18+,19-,21+,22-,23-,24+/m1/s1. The summed E-state index contributed by atoms with van der Waals surface area (Å²) in [6.45, 7) is 5.05. The molecule has 1 heterocycles. The number of aliphatic hydroxyl groups is 1. The quantitative estimate of drug-likeness (QED) is 0.731. The number of aliphatic hydroxyl groups excluding tert-OH is 1. The Bertz CT molecular complexity index is 707. The molecule has 1 spiro atoms. The van der Waals surface area contributed by atoms with Gasteiger partial charge in [0.15, 0.2) is 0 Å². The van der Waals surface area contributed by atoms with Gasteiger partial charge in [0.05, 0.1) is 6.10 Å². The Morgan fingerprint density at radius 1 is 1.21 bits per heavy atom. The van der Waals surface area contributed by atoms with Crippen LogP contribution in [-0.4, -0.2) is 37.0 Å². The van der Waals surface area contributed by atoms with Crippen molar-refractivity contribution >= 4 is 5.97 Å². The van der Waals surface area contributed by atoms with Crippen molar-refractivity contribution in [3.63, 3.8) is 0 Å². The maximum absolute atomic E-state index is 12.1. The molecule has 5 saturated carbocycles. The van der Waals surface area contributed by atoms with E-state index < -0.39 is 0 Å². The van der Waals surface area contributed by atoms with Crippen molar-refractivity contribution in [2.45, 2.75) is 77.4 Å². The van der Waals surface area contributed by atoms with Crippen LogP contribution in [0.4, 0.5) is 0 Å². The minimum absolute atomic E-state index is 0.0223. The Labute approximate surface area is 168 Å². The number of methoxy groups -OCH3 is 1. The van der Waals surface area contributed by atoms with Gasteiger partial charge in [-0.2, -0.15) is 0 Å². The minimum Gasteiger partial charge on any atom is -0.462 e. The molecule has 0 aromatic heterocycles. The highest BCUT2D eigenvalue weighted by Gasteiger charge is 2.78. The monoisotopic (exact) mass is 388 g/mol. The molecule has 11 atom stereocenters. The summed E-state index contributed by atoms with van der Waals surface area (Å²) in [6, 6.07) is 0. The topological polar surface area (TPSA) is 55.8 Å². The molecule has 0 radical (unpaired) electrons. The Morgan fingerprint density at radius 3 is 2.75 bits per heavy atom. The van der Waals surface area contributed by atoms with E-state index in [1.54, 1.807) is 0 Å². The van der Waals surface area contributed by atoms with Crippen LogP contribution in [0.3, 0.4) is 0 Å². The predicted octanol–water partition coefficient (Wildman–Crippen LogP) is 3.80. The van der Waals surface area contributed by atoms with E-state index in [2.05, 4.69) is 13.8 Å². The number of carbonyl (C=O) groups excluding carboxylic acids is 1. The van der Waals surface area contributed by atoms with Gasteiger partial charge in [0.25, 0.3) is 0 Å². The zero-order chi connectivity index (χ0) is 19.5. The van der Waals surface area contributed by atoms with Gasteiger partial charge < -0.3 is 14.6 Å². The fourth-order valence-corrected chi connectivity index (χ4v) is 10.4. The zero-order valence-electron chi connectivity index (χ0n) is 17.7. The SMILES string of the molecule is CO[C@@H]1C[C@H]2[C@@H]3C[C@@H]4OC(=O)C[C@@H](C)[C@@H]4[C@@]3(CO)CC[C@@H]2[C@@]2(C)CC[C@@H]3C[C@]312. The Kier molecular flexibility index (Phi) is 3.60. The molecule has 0 amide bonds.